The Morgan fingerprint density at radius 1 is 1.40 bits per heavy atom. The molecule has 0 unspecified atom stereocenters. The van der Waals surface area contributed by atoms with Crippen molar-refractivity contribution in [3.05, 3.63) is 34.7 Å². The van der Waals surface area contributed by atoms with Crippen molar-refractivity contribution in [2.45, 2.75) is 20.3 Å². The van der Waals surface area contributed by atoms with E-state index in [1.807, 2.05) is 6.92 Å². The SMILES string of the molecule is CCCNc1ccc(Cl)cc1C(=O)Nc1nnc(C)o1. The minimum Gasteiger partial charge on any atom is -0.408 e. The highest BCUT2D eigenvalue weighted by Gasteiger charge is 2.14. The van der Waals surface area contributed by atoms with Crippen LogP contribution in [-0.4, -0.2) is 22.6 Å². The Bertz CT molecular complexity index is 612. The number of nitrogens with one attached hydrogen (secondary N) is 2. The van der Waals surface area contributed by atoms with Crippen LogP contribution in [0.2, 0.25) is 5.02 Å². The normalized spacial score (nSPS) is 10.3. The summed E-state index contributed by atoms with van der Waals surface area (Å²) < 4.78 is 5.12. The van der Waals surface area contributed by atoms with E-state index < -0.39 is 0 Å². The minimum absolute atomic E-state index is 0.0638. The summed E-state index contributed by atoms with van der Waals surface area (Å²) in [5, 5.41) is 13.6. The van der Waals surface area contributed by atoms with Crippen LogP contribution in [0.3, 0.4) is 0 Å². The molecular formula is C13H15ClN4O2. The first kappa shape index (κ1) is 14.3. The van der Waals surface area contributed by atoms with Gasteiger partial charge in [0.2, 0.25) is 5.89 Å². The zero-order valence-corrected chi connectivity index (χ0v) is 12.0. The molecule has 0 aliphatic rings. The van der Waals surface area contributed by atoms with E-state index in [2.05, 4.69) is 20.8 Å². The molecule has 106 valence electrons. The largest absolute Gasteiger partial charge is 0.408 e. The van der Waals surface area contributed by atoms with Gasteiger partial charge in [-0.05, 0) is 24.6 Å². The predicted molar refractivity (Wildman–Crippen MR) is 77.2 cm³/mol. The molecule has 1 aromatic heterocycles. The lowest BCUT2D eigenvalue weighted by Gasteiger charge is -2.10. The Balaban J connectivity index is 2.21. The number of hydrogen-bond donors (Lipinski definition) is 2. The lowest BCUT2D eigenvalue weighted by molar-refractivity contribution is 0.102. The third-order valence-electron chi connectivity index (χ3n) is 2.54. The maximum absolute atomic E-state index is 12.2. The van der Waals surface area contributed by atoms with Gasteiger partial charge in [-0.15, -0.1) is 5.10 Å². The summed E-state index contributed by atoms with van der Waals surface area (Å²) >= 11 is 5.94. The first-order valence-corrected chi connectivity index (χ1v) is 6.63. The fourth-order valence-corrected chi connectivity index (χ4v) is 1.80. The van der Waals surface area contributed by atoms with Crippen LogP contribution in [0, 0.1) is 6.92 Å². The fraction of sp³-hybridized carbons (Fsp3) is 0.308. The van der Waals surface area contributed by atoms with Gasteiger partial charge in [-0.3, -0.25) is 10.1 Å². The summed E-state index contributed by atoms with van der Waals surface area (Å²) in [7, 11) is 0. The van der Waals surface area contributed by atoms with Crippen molar-refractivity contribution in [1.82, 2.24) is 10.2 Å². The van der Waals surface area contributed by atoms with Crippen molar-refractivity contribution in [3.8, 4) is 0 Å². The maximum atomic E-state index is 12.2. The minimum atomic E-state index is -0.352. The monoisotopic (exact) mass is 294 g/mol. The van der Waals surface area contributed by atoms with Gasteiger partial charge >= 0.3 is 6.01 Å². The average Bonchev–Trinajstić information content (AvgIpc) is 2.82. The van der Waals surface area contributed by atoms with Gasteiger partial charge in [0.1, 0.15) is 0 Å². The second-order valence-electron chi connectivity index (χ2n) is 4.20. The predicted octanol–water partition coefficient (Wildman–Crippen LogP) is 3.11. The zero-order chi connectivity index (χ0) is 14.5. The molecule has 1 heterocycles. The molecule has 0 saturated carbocycles. The molecule has 20 heavy (non-hydrogen) atoms. The third kappa shape index (κ3) is 3.48. The van der Waals surface area contributed by atoms with E-state index in [1.54, 1.807) is 25.1 Å². The molecule has 0 aliphatic heterocycles. The standard InChI is InChI=1S/C13H15ClN4O2/c1-3-6-15-11-5-4-9(14)7-10(11)12(19)16-13-18-17-8(2)20-13/h4-5,7,15H,3,6H2,1-2H3,(H,16,18,19). The summed E-state index contributed by atoms with van der Waals surface area (Å²) in [5.41, 5.74) is 1.15. The van der Waals surface area contributed by atoms with Gasteiger partial charge in [0.05, 0.1) is 5.56 Å². The van der Waals surface area contributed by atoms with E-state index >= 15 is 0 Å². The van der Waals surface area contributed by atoms with Gasteiger partial charge < -0.3 is 9.73 Å². The van der Waals surface area contributed by atoms with Crippen LogP contribution in [0.15, 0.2) is 22.6 Å². The Morgan fingerprint density at radius 2 is 2.20 bits per heavy atom. The molecule has 1 aromatic carbocycles. The Kier molecular flexibility index (Phi) is 4.57. The highest BCUT2D eigenvalue weighted by molar-refractivity contribution is 6.31. The van der Waals surface area contributed by atoms with Crippen molar-refractivity contribution in [2.75, 3.05) is 17.2 Å². The summed E-state index contributed by atoms with van der Waals surface area (Å²) in [6, 6.07) is 5.16. The summed E-state index contributed by atoms with van der Waals surface area (Å²) in [4.78, 5) is 12.2. The number of carbonyl (C=O) groups excluding carboxylic acids is 1. The Labute approximate surface area is 121 Å². The van der Waals surface area contributed by atoms with E-state index in [9.17, 15) is 4.79 Å². The van der Waals surface area contributed by atoms with E-state index in [0.717, 1.165) is 13.0 Å². The highest BCUT2D eigenvalue weighted by atomic mass is 35.5. The number of halogens is 1. The molecule has 2 N–H and O–H groups in total. The van der Waals surface area contributed by atoms with Crippen molar-refractivity contribution in [3.63, 3.8) is 0 Å². The van der Waals surface area contributed by atoms with Gasteiger partial charge in [0.25, 0.3) is 5.91 Å². The van der Waals surface area contributed by atoms with Crippen LogP contribution in [0.1, 0.15) is 29.6 Å². The number of nitrogens with zero attached hydrogens (tertiary/aromatic N) is 2. The van der Waals surface area contributed by atoms with Crippen LogP contribution in [-0.2, 0) is 0 Å². The van der Waals surface area contributed by atoms with Gasteiger partial charge in [-0.25, -0.2) is 0 Å². The van der Waals surface area contributed by atoms with Crippen molar-refractivity contribution < 1.29 is 9.21 Å². The number of aromatic nitrogens is 2. The number of amides is 1. The first-order chi connectivity index (χ1) is 9.60. The summed E-state index contributed by atoms with van der Waals surface area (Å²) in [5.74, 6) is 0.0329. The van der Waals surface area contributed by atoms with E-state index in [1.165, 1.54) is 0 Å². The molecule has 0 radical (unpaired) electrons. The van der Waals surface area contributed by atoms with Crippen molar-refractivity contribution >= 4 is 29.2 Å². The lowest BCUT2D eigenvalue weighted by Crippen LogP contribution is -2.15. The number of hydrogen-bond acceptors (Lipinski definition) is 5. The van der Waals surface area contributed by atoms with Crippen LogP contribution in [0.4, 0.5) is 11.7 Å². The molecule has 6 nitrogen and oxygen atoms in total. The third-order valence-corrected chi connectivity index (χ3v) is 2.77. The van der Waals surface area contributed by atoms with Gasteiger partial charge in [0.15, 0.2) is 0 Å². The highest BCUT2D eigenvalue weighted by Crippen LogP contribution is 2.22. The molecule has 0 aliphatic carbocycles. The van der Waals surface area contributed by atoms with E-state index in [0.29, 0.717) is 22.2 Å². The number of benzene rings is 1. The Morgan fingerprint density at radius 3 is 2.85 bits per heavy atom. The van der Waals surface area contributed by atoms with Crippen LogP contribution < -0.4 is 10.6 Å². The van der Waals surface area contributed by atoms with Crippen LogP contribution >= 0.6 is 11.6 Å². The molecule has 2 aromatic rings. The second kappa shape index (κ2) is 6.38. The quantitative estimate of drug-likeness (QED) is 0.885. The van der Waals surface area contributed by atoms with Crippen LogP contribution in [0.25, 0.3) is 0 Å². The molecule has 0 atom stereocenters. The number of aryl methyl sites for hydroxylation is 1. The average molecular weight is 295 g/mol. The van der Waals surface area contributed by atoms with E-state index in [-0.39, 0.29) is 11.9 Å². The number of carbonyl (C=O) groups is 1. The smallest absolute Gasteiger partial charge is 0.322 e. The Hall–Kier alpha value is -2.08. The first-order valence-electron chi connectivity index (χ1n) is 6.25. The molecular weight excluding hydrogens is 280 g/mol. The van der Waals surface area contributed by atoms with Crippen molar-refractivity contribution in [1.29, 1.82) is 0 Å². The zero-order valence-electron chi connectivity index (χ0n) is 11.2. The van der Waals surface area contributed by atoms with E-state index in [4.69, 9.17) is 16.0 Å². The number of anilines is 2. The second-order valence-corrected chi connectivity index (χ2v) is 4.63. The molecule has 0 spiro atoms. The summed E-state index contributed by atoms with van der Waals surface area (Å²) in [6.07, 6.45) is 0.951. The molecule has 0 bridgehead atoms. The topological polar surface area (TPSA) is 80.0 Å². The molecule has 7 heteroatoms. The van der Waals surface area contributed by atoms with Gasteiger partial charge in [-0.2, -0.15) is 0 Å². The van der Waals surface area contributed by atoms with Crippen LogP contribution in [0.5, 0.6) is 0 Å². The maximum Gasteiger partial charge on any atom is 0.322 e. The van der Waals surface area contributed by atoms with Gasteiger partial charge in [-0.1, -0.05) is 23.6 Å². The lowest BCUT2D eigenvalue weighted by atomic mass is 10.1. The molecule has 1 amide bonds. The number of rotatable bonds is 5. The molecule has 0 fully saturated rings. The van der Waals surface area contributed by atoms with Crippen molar-refractivity contribution in [2.24, 2.45) is 0 Å². The fourth-order valence-electron chi connectivity index (χ4n) is 1.63. The van der Waals surface area contributed by atoms with Gasteiger partial charge in [0, 0.05) is 24.2 Å². The summed E-state index contributed by atoms with van der Waals surface area (Å²) in [6.45, 7) is 4.46. The molecule has 0 saturated heterocycles. The molecule has 2 rings (SSSR count).